The van der Waals surface area contributed by atoms with Gasteiger partial charge in [0.05, 0.1) is 22.7 Å². The van der Waals surface area contributed by atoms with E-state index in [1.54, 1.807) is 0 Å². The lowest BCUT2D eigenvalue weighted by Crippen LogP contribution is -2.61. The van der Waals surface area contributed by atoms with Crippen molar-refractivity contribution < 1.29 is 49.4 Å². The first-order valence-electron chi connectivity index (χ1n) is 13.4. The maximum absolute atomic E-state index is 13.4. The average Bonchev–Trinajstić information content (AvgIpc) is 2.83. The van der Waals surface area contributed by atoms with Crippen LogP contribution in [0.2, 0.25) is 0 Å². The third kappa shape index (κ3) is 8.90. The van der Waals surface area contributed by atoms with Crippen LogP contribution in [0, 0.1) is 23.0 Å². The van der Waals surface area contributed by atoms with Crippen LogP contribution in [0.25, 0.3) is 0 Å². The lowest BCUT2D eigenvalue weighted by molar-refractivity contribution is -0.384. The molecule has 0 radical (unpaired) electrons. The number of rotatable bonds is 7. The van der Waals surface area contributed by atoms with Crippen molar-refractivity contribution >= 4 is 44.3 Å². The molecule has 3 heterocycles. The van der Waals surface area contributed by atoms with Gasteiger partial charge in [-0.15, -0.1) is 0 Å². The van der Waals surface area contributed by atoms with E-state index in [1.165, 1.54) is 29.6 Å². The van der Waals surface area contributed by atoms with Gasteiger partial charge in [0.25, 0.3) is 5.69 Å². The van der Waals surface area contributed by atoms with Crippen molar-refractivity contribution in [1.29, 1.82) is 0 Å². The minimum absolute atomic E-state index is 0.0338. The second kappa shape index (κ2) is 13.0. The van der Waals surface area contributed by atoms with Crippen molar-refractivity contribution in [1.82, 2.24) is 9.21 Å². The lowest BCUT2D eigenvalue weighted by Gasteiger charge is -2.48. The molecule has 1 N–H and O–H groups in total. The summed E-state index contributed by atoms with van der Waals surface area (Å²) in [6.45, 7) is 6.44. The molecular weight excluding hydrogens is 640 g/mol. The number of halogens is 3. The molecule has 0 saturated carbocycles. The predicted molar refractivity (Wildman–Crippen MR) is 154 cm³/mol. The predicted octanol–water partition coefficient (Wildman–Crippen LogP) is 2.48. The SMILES string of the molecule is Cc1c(S(=O)(=O)N2CCC(CS(C)(=O)=O)CC2)ccc(N2CC(N3CCP(C)(=O)CC3)C2)c1[N+](=O)[O-].O=C(O)C(F)(F)F. The molecule has 3 saturated heterocycles. The Balaban J connectivity index is 0.000000646. The number of hydrogen-bond donors (Lipinski definition) is 1. The van der Waals surface area contributed by atoms with Crippen molar-refractivity contribution in [2.75, 3.05) is 75.2 Å². The van der Waals surface area contributed by atoms with E-state index in [0.29, 0.717) is 43.9 Å². The van der Waals surface area contributed by atoms with Gasteiger partial charge in [-0.3, -0.25) is 15.0 Å². The van der Waals surface area contributed by atoms with Gasteiger partial charge in [-0.2, -0.15) is 17.5 Å². The number of carbonyl (C=O) groups is 1. The van der Waals surface area contributed by atoms with E-state index < -0.39 is 44.1 Å². The summed E-state index contributed by atoms with van der Waals surface area (Å²) in [6.07, 6.45) is -1.65. The molecule has 0 aliphatic carbocycles. The normalized spacial score (nSPS) is 21.0. The van der Waals surface area contributed by atoms with Gasteiger partial charge in [0, 0.05) is 69.5 Å². The van der Waals surface area contributed by atoms with Crippen LogP contribution in [-0.4, -0.2) is 125 Å². The first kappa shape index (κ1) is 35.2. The van der Waals surface area contributed by atoms with Gasteiger partial charge >= 0.3 is 12.1 Å². The highest BCUT2D eigenvalue weighted by Crippen LogP contribution is 2.44. The number of hydrogen-bond acceptors (Lipinski definition) is 10. The van der Waals surface area contributed by atoms with Gasteiger partial charge in [-0.25, -0.2) is 21.6 Å². The number of piperidine rings is 1. The van der Waals surface area contributed by atoms with Gasteiger partial charge in [0.2, 0.25) is 10.0 Å². The van der Waals surface area contributed by atoms with Gasteiger partial charge in [0.15, 0.2) is 0 Å². The van der Waals surface area contributed by atoms with Crippen LogP contribution in [0.1, 0.15) is 18.4 Å². The third-order valence-corrected chi connectivity index (χ3v) is 13.4. The first-order valence-corrected chi connectivity index (χ1v) is 19.5. The van der Waals surface area contributed by atoms with Crippen molar-refractivity contribution in [2.24, 2.45) is 5.92 Å². The quantitative estimate of drug-likeness (QED) is 0.255. The summed E-state index contributed by atoms with van der Waals surface area (Å²) in [5.41, 5.74) is 0.333. The monoisotopic (exact) mass is 676 g/mol. The summed E-state index contributed by atoms with van der Waals surface area (Å²) in [6, 6.07) is 3.22. The number of aliphatic carboxylic acids is 1. The Morgan fingerprint density at radius 2 is 1.60 bits per heavy atom. The number of alkyl halides is 3. The Bertz CT molecular complexity index is 1480. The number of sulfone groups is 1. The summed E-state index contributed by atoms with van der Waals surface area (Å²) in [7, 11) is -9.13. The number of carboxylic acid groups (broad SMARTS) is 1. The summed E-state index contributed by atoms with van der Waals surface area (Å²) < 4.78 is 95.3. The van der Waals surface area contributed by atoms with Crippen LogP contribution in [0.5, 0.6) is 0 Å². The molecule has 0 aromatic heterocycles. The lowest BCUT2D eigenvalue weighted by atomic mass is 10.0. The van der Waals surface area contributed by atoms with E-state index in [4.69, 9.17) is 9.90 Å². The molecule has 3 aliphatic heterocycles. The number of sulfonamides is 1. The first-order chi connectivity index (χ1) is 19.6. The largest absolute Gasteiger partial charge is 0.490 e. The molecule has 3 aliphatic rings. The number of nitro groups is 1. The fourth-order valence-corrected chi connectivity index (χ4v) is 9.93. The van der Waals surface area contributed by atoms with Gasteiger partial charge in [0.1, 0.15) is 15.5 Å². The second-order valence-electron chi connectivity index (χ2n) is 11.4. The van der Waals surface area contributed by atoms with Crippen LogP contribution in [0.4, 0.5) is 24.5 Å². The molecule has 0 unspecified atom stereocenters. The van der Waals surface area contributed by atoms with Gasteiger partial charge in [-0.05, 0) is 44.5 Å². The molecule has 4 rings (SSSR count). The molecule has 13 nitrogen and oxygen atoms in total. The second-order valence-corrected chi connectivity index (χ2v) is 19.0. The Morgan fingerprint density at radius 1 is 1.09 bits per heavy atom. The fourth-order valence-electron chi connectivity index (χ4n) is 5.47. The molecule has 1 aromatic carbocycles. The Kier molecular flexibility index (Phi) is 10.6. The standard InChI is InChI=1S/C22H35N4O7PS2.C2HF3O2/c1-17-21(36(32,33)25-8-6-18(7-9-25)16-35(3,30)31)5-4-20(22(17)26(27)28)24-14-19(15-24)23-10-12-34(2,29)13-11-23;3-2(4,5)1(6)7/h4-5,18-19H,6-16H2,1-3H3;(H,6,7). The van der Waals surface area contributed by atoms with Gasteiger partial charge in [-0.1, -0.05) is 0 Å². The molecule has 0 atom stereocenters. The van der Waals surface area contributed by atoms with E-state index in [2.05, 4.69) is 4.90 Å². The van der Waals surface area contributed by atoms with Gasteiger partial charge < -0.3 is 14.6 Å². The molecule has 43 heavy (non-hydrogen) atoms. The highest BCUT2D eigenvalue weighted by atomic mass is 32.2. The number of nitrogens with zero attached hydrogens (tertiary/aromatic N) is 4. The average molecular weight is 677 g/mol. The Morgan fingerprint density at radius 3 is 2.05 bits per heavy atom. The fraction of sp³-hybridized carbons (Fsp3) is 0.708. The number of nitro benzene ring substituents is 1. The van der Waals surface area contributed by atoms with Crippen LogP contribution in [-0.2, 0) is 29.2 Å². The van der Waals surface area contributed by atoms with Crippen molar-refractivity contribution in [3.05, 3.63) is 27.8 Å². The number of carboxylic acids is 1. The third-order valence-electron chi connectivity index (χ3n) is 7.95. The molecular formula is C24H36F3N4O9PS2. The summed E-state index contributed by atoms with van der Waals surface area (Å²) in [4.78, 5) is 24.6. The molecule has 1 aromatic rings. The minimum Gasteiger partial charge on any atom is -0.475 e. The summed E-state index contributed by atoms with van der Waals surface area (Å²) >= 11 is 0. The van der Waals surface area contributed by atoms with E-state index in [9.17, 15) is 44.7 Å². The van der Waals surface area contributed by atoms with Crippen molar-refractivity contribution in [3.8, 4) is 0 Å². The Hall–Kier alpha value is -2.27. The topological polar surface area (TPSA) is 176 Å². The zero-order valence-corrected chi connectivity index (χ0v) is 26.5. The molecule has 0 amide bonds. The molecule has 0 bridgehead atoms. The summed E-state index contributed by atoms with van der Waals surface area (Å²) in [5, 5.41) is 19.2. The van der Waals surface area contributed by atoms with Crippen LogP contribution in [0.15, 0.2) is 17.0 Å². The van der Waals surface area contributed by atoms with E-state index in [0.717, 1.165) is 13.1 Å². The molecule has 244 valence electrons. The molecule has 3 fully saturated rings. The maximum atomic E-state index is 13.4. The van der Waals surface area contributed by atoms with Crippen LogP contribution in [0.3, 0.4) is 0 Å². The van der Waals surface area contributed by atoms with Crippen LogP contribution < -0.4 is 4.90 Å². The van der Waals surface area contributed by atoms with E-state index in [-0.39, 0.29) is 46.9 Å². The Labute approximate surface area is 248 Å². The van der Waals surface area contributed by atoms with E-state index >= 15 is 0 Å². The number of benzene rings is 1. The summed E-state index contributed by atoms with van der Waals surface area (Å²) in [5.74, 6) is -2.81. The smallest absolute Gasteiger partial charge is 0.475 e. The highest BCUT2D eigenvalue weighted by molar-refractivity contribution is 7.90. The highest BCUT2D eigenvalue weighted by Gasteiger charge is 2.40. The molecule has 19 heteroatoms. The molecule has 0 spiro atoms. The zero-order chi connectivity index (χ0) is 32.5. The van der Waals surface area contributed by atoms with Crippen LogP contribution >= 0.6 is 7.14 Å². The minimum atomic E-state index is -5.08. The van der Waals surface area contributed by atoms with Crippen molar-refractivity contribution in [2.45, 2.75) is 36.9 Å². The maximum Gasteiger partial charge on any atom is 0.490 e. The number of anilines is 1. The zero-order valence-electron chi connectivity index (χ0n) is 24.0. The van der Waals surface area contributed by atoms with E-state index in [1.807, 2.05) is 11.6 Å². The van der Waals surface area contributed by atoms with Crippen molar-refractivity contribution in [3.63, 3.8) is 0 Å².